The van der Waals surface area contributed by atoms with Gasteiger partial charge in [-0.05, 0) is 38.6 Å². The van der Waals surface area contributed by atoms with E-state index in [-0.39, 0.29) is 12.1 Å². The number of hydrogen-bond acceptors (Lipinski definition) is 3. The van der Waals surface area contributed by atoms with Gasteiger partial charge >= 0.3 is 0 Å². The molecule has 0 aliphatic heterocycles. The van der Waals surface area contributed by atoms with Crippen molar-refractivity contribution in [1.29, 1.82) is 0 Å². The largest absolute Gasteiger partial charge is 0.331 e. The van der Waals surface area contributed by atoms with E-state index in [1.165, 1.54) is 5.56 Å². The average molecular weight is 232 g/mol. The fourth-order valence-electron chi connectivity index (χ4n) is 2.26. The van der Waals surface area contributed by atoms with Gasteiger partial charge < -0.3 is 15.6 Å². The first-order valence-electron chi connectivity index (χ1n) is 5.90. The molecule has 2 unspecified atom stereocenters. The quantitative estimate of drug-likeness (QED) is 0.843. The van der Waals surface area contributed by atoms with Crippen molar-refractivity contribution in [2.24, 2.45) is 12.8 Å². The van der Waals surface area contributed by atoms with E-state index in [1.807, 2.05) is 27.9 Å². The molecule has 1 heterocycles. The summed E-state index contributed by atoms with van der Waals surface area (Å²) in [6, 6.07) is 6.59. The Kier molecular flexibility index (Phi) is 3.17. The molecule has 2 aromatic rings. The van der Waals surface area contributed by atoms with Crippen molar-refractivity contribution >= 4 is 11.0 Å². The summed E-state index contributed by atoms with van der Waals surface area (Å²) < 4.78 is 2.10. The summed E-state index contributed by atoms with van der Waals surface area (Å²) in [7, 11) is 3.97. The van der Waals surface area contributed by atoms with Gasteiger partial charge in [-0.15, -0.1) is 0 Å². The molecule has 92 valence electrons. The van der Waals surface area contributed by atoms with Gasteiger partial charge in [0.05, 0.1) is 11.0 Å². The van der Waals surface area contributed by atoms with E-state index in [9.17, 15) is 0 Å². The zero-order chi connectivity index (χ0) is 12.6. The van der Waals surface area contributed by atoms with Crippen molar-refractivity contribution in [1.82, 2.24) is 14.9 Å². The van der Waals surface area contributed by atoms with Crippen LogP contribution in [0.1, 0.15) is 24.4 Å². The molecule has 17 heavy (non-hydrogen) atoms. The van der Waals surface area contributed by atoms with Crippen LogP contribution < -0.4 is 11.1 Å². The van der Waals surface area contributed by atoms with Crippen LogP contribution in [0.15, 0.2) is 18.2 Å². The Balaban J connectivity index is 2.51. The van der Waals surface area contributed by atoms with Crippen LogP contribution in [0, 0.1) is 6.92 Å². The lowest BCUT2D eigenvalue weighted by molar-refractivity contribution is 0.504. The molecule has 0 fully saturated rings. The number of nitrogens with zero attached hydrogens (tertiary/aromatic N) is 2. The second-order valence-corrected chi connectivity index (χ2v) is 4.59. The van der Waals surface area contributed by atoms with E-state index in [1.54, 1.807) is 0 Å². The van der Waals surface area contributed by atoms with Gasteiger partial charge in [0, 0.05) is 19.1 Å². The molecular weight excluding hydrogens is 212 g/mol. The number of benzene rings is 1. The summed E-state index contributed by atoms with van der Waals surface area (Å²) in [6.45, 7) is 4.02. The number of hydrogen-bond donors (Lipinski definition) is 2. The molecule has 0 amide bonds. The lowest BCUT2D eigenvalue weighted by atomic mass is 10.0. The van der Waals surface area contributed by atoms with Crippen LogP contribution in [0.4, 0.5) is 0 Å². The van der Waals surface area contributed by atoms with Gasteiger partial charge in [-0.3, -0.25) is 0 Å². The Bertz CT molecular complexity index is 527. The molecule has 0 bridgehead atoms. The topological polar surface area (TPSA) is 55.9 Å². The van der Waals surface area contributed by atoms with Crippen molar-refractivity contribution in [3.8, 4) is 0 Å². The molecule has 4 heteroatoms. The molecule has 4 nitrogen and oxygen atoms in total. The number of aryl methyl sites for hydroxylation is 2. The van der Waals surface area contributed by atoms with Gasteiger partial charge in [-0.2, -0.15) is 0 Å². The maximum atomic E-state index is 5.97. The predicted octanol–water partition coefficient (Wildman–Crippen LogP) is 1.49. The molecule has 2 atom stereocenters. The number of nitrogens with one attached hydrogen (secondary N) is 1. The second kappa shape index (κ2) is 4.47. The molecule has 0 saturated carbocycles. The standard InChI is InChI=1S/C13H20N4/c1-8(14)13(15-3)10-5-6-12-11(7-10)16-9(2)17(12)4/h5-8,13,15H,14H2,1-4H3. The van der Waals surface area contributed by atoms with Crippen LogP contribution in [0.3, 0.4) is 0 Å². The minimum absolute atomic E-state index is 0.0715. The Morgan fingerprint density at radius 2 is 2.12 bits per heavy atom. The summed E-state index contributed by atoms with van der Waals surface area (Å²) in [4.78, 5) is 4.54. The molecule has 0 aliphatic rings. The maximum absolute atomic E-state index is 5.97. The summed E-state index contributed by atoms with van der Waals surface area (Å²) in [6.07, 6.45) is 0. The first-order valence-corrected chi connectivity index (χ1v) is 5.90. The van der Waals surface area contributed by atoms with E-state index in [2.05, 4.69) is 33.1 Å². The molecule has 1 aromatic heterocycles. The zero-order valence-electron chi connectivity index (χ0n) is 10.9. The van der Waals surface area contributed by atoms with Gasteiger partial charge in [0.15, 0.2) is 0 Å². The summed E-state index contributed by atoms with van der Waals surface area (Å²) >= 11 is 0. The van der Waals surface area contributed by atoms with Crippen molar-refractivity contribution in [2.45, 2.75) is 25.9 Å². The van der Waals surface area contributed by atoms with Gasteiger partial charge in [0.2, 0.25) is 0 Å². The Morgan fingerprint density at radius 3 is 2.71 bits per heavy atom. The fraction of sp³-hybridized carbons (Fsp3) is 0.462. The molecular formula is C13H20N4. The summed E-state index contributed by atoms with van der Waals surface area (Å²) in [5.74, 6) is 1.03. The highest BCUT2D eigenvalue weighted by Crippen LogP contribution is 2.21. The summed E-state index contributed by atoms with van der Waals surface area (Å²) in [5, 5.41) is 3.24. The van der Waals surface area contributed by atoms with Crippen LogP contribution in [0.5, 0.6) is 0 Å². The van der Waals surface area contributed by atoms with Crippen molar-refractivity contribution < 1.29 is 0 Å². The van der Waals surface area contributed by atoms with E-state index in [0.717, 1.165) is 16.9 Å². The van der Waals surface area contributed by atoms with E-state index in [0.29, 0.717) is 0 Å². The molecule has 0 aliphatic carbocycles. The number of rotatable bonds is 3. The van der Waals surface area contributed by atoms with Gasteiger partial charge in [-0.25, -0.2) is 4.98 Å². The first-order chi connectivity index (χ1) is 8.04. The van der Waals surface area contributed by atoms with Crippen molar-refractivity contribution in [2.75, 3.05) is 7.05 Å². The van der Waals surface area contributed by atoms with Gasteiger partial charge in [0.1, 0.15) is 5.82 Å². The highest BCUT2D eigenvalue weighted by Gasteiger charge is 2.15. The molecule has 1 aromatic carbocycles. The van der Waals surface area contributed by atoms with Gasteiger partial charge in [-0.1, -0.05) is 6.07 Å². The first kappa shape index (κ1) is 12.1. The Labute approximate surface area is 102 Å². The average Bonchev–Trinajstić information content (AvgIpc) is 2.55. The van der Waals surface area contributed by atoms with Crippen LogP contribution in [-0.4, -0.2) is 22.6 Å². The highest BCUT2D eigenvalue weighted by molar-refractivity contribution is 5.77. The molecule has 2 rings (SSSR count). The van der Waals surface area contributed by atoms with Crippen LogP contribution >= 0.6 is 0 Å². The molecule has 0 saturated heterocycles. The van der Waals surface area contributed by atoms with E-state index in [4.69, 9.17) is 5.73 Å². The fourth-order valence-corrected chi connectivity index (χ4v) is 2.26. The lowest BCUT2D eigenvalue weighted by Gasteiger charge is -2.20. The third-order valence-corrected chi connectivity index (χ3v) is 3.32. The number of fused-ring (bicyclic) bond motifs is 1. The maximum Gasteiger partial charge on any atom is 0.106 e. The number of nitrogens with two attached hydrogens (primary N) is 1. The number of aromatic nitrogens is 2. The van der Waals surface area contributed by atoms with Crippen molar-refractivity contribution in [3.05, 3.63) is 29.6 Å². The summed E-state index contributed by atoms with van der Waals surface area (Å²) in [5.41, 5.74) is 9.35. The smallest absolute Gasteiger partial charge is 0.106 e. The molecule has 0 radical (unpaired) electrons. The lowest BCUT2D eigenvalue weighted by Crippen LogP contribution is -2.33. The third kappa shape index (κ3) is 2.06. The van der Waals surface area contributed by atoms with Crippen LogP contribution in [0.25, 0.3) is 11.0 Å². The van der Waals surface area contributed by atoms with Gasteiger partial charge in [0.25, 0.3) is 0 Å². The van der Waals surface area contributed by atoms with Crippen molar-refractivity contribution in [3.63, 3.8) is 0 Å². The van der Waals surface area contributed by atoms with Crippen LogP contribution in [0.2, 0.25) is 0 Å². The third-order valence-electron chi connectivity index (χ3n) is 3.32. The van der Waals surface area contributed by atoms with E-state index < -0.39 is 0 Å². The number of imidazole rings is 1. The Hall–Kier alpha value is -1.39. The monoisotopic (exact) mass is 232 g/mol. The normalized spacial score (nSPS) is 15.1. The SMILES string of the molecule is CNC(c1ccc2c(c1)nc(C)n2C)C(C)N. The Morgan fingerprint density at radius 1 is 1.41 bits per heavy atom. The zero-order valence-corrected chi connectivity index (χ0v) is 10.9. The molecule has 0 spiro atoms. The van der Waals surface area contributed by atoms with Crippen LogP contribution in [-0.2, 0) is 7.05 Å². The van der Waals surface area contributed by atoms with E-state index >= 15 is 0 Å². The number of likely N-dealkylation sites (N-methyl/N-ethyl adjacent to an activating group) is 1. The minimum atomic E-state index is 0.0715. The predicted molar refractivity (Wildman–Crippen MR) is 70.9 cm³/mol. The minimum Gasteiger partial charge on any atom is -0.331 e. The second-order valence-electron chi connectivity index (χ2n) is 4.59. The molecule has 3 N–H and O–H groups in total. The highest BCUT2D eigenvalue weighted by atomic mass is 15.0.